The fraction of sp³-hybridized carbons (Fsp3) is 0.591. The zero-order valence-corrected chi connectivity index (χ0v) is 18.9. The monoisotopic (exact) mass is 418 g/mol. The number of aryl methyl sites for hydroxylation is 1. The molecule has 30 heavy (non-hydrogen) atoms. The van der Waals surface area contributed by atoms with Gasteiger partial charge in [0, 0.05) is 38.9 Å². The van der Waals surface area contributed by atoms with Gasteiger partial charge >= 0.3 is 6.09 Å². The molecule has 0 aliphatic carbocycles. The zero-order chi connectivity index (χ0) is 22.5. The van der Waals surface area contributed by atoms with Crippen LogP contribution in [0.4, 0.5) is 10.5 Å². The van der Waals surface area contributed by atoms with Gasteiger partial charge in [-0.2, -0.15) is 0 Å². The maximum Gasteiger partial charge on any atom is 0.410 e. The Balaban J connectivity index is 1.77. The van der Waals surface area contributed by atoms with Crippen LogP contribution in [-0.4, -0.2) is 84.5 Å². The van der Waals surface area contributed by atoms with E-state index in [1.807, 2.05) is 36.9 Å². The first-order valence-corrected chi connectivity index (χ1v) is 10.3. The van der Waals surface area contributed by atoms with Crippen LogP contribution < -0.4 is 5.32 Å². The Morgan fingerprint density at radius 1 is 1.10 bits per heavy atom. The fourth-order valence-corrected chi connectivity index (χ4v) is 3.14. The van der Waals surface area contributed by atoms with Crippen LogP contribution in [0.5, 0.6) is 0 Å². The summed E-state index contributed by atoms with van der Waals surface area (Å²) in [6.07, 6.45) is -0.516. The van der Waals surface area contributed by atoms with Crippen molar-refractivity contribution in [1.29, 1.82) is 0 Å². The van der Waals surface area contributed by atoms with Gasteiger partial charge in [-0.1, -0.05) is 12.1 Å². The number of likely N-dealkylation sites (N-methyl/N-ethyl adjacent to an activating group) is 1. The Morgan fingerprint density at radius 3 is 2.33 bits per heavy atom. The molecule has 1 heterocycles. The summed E-state index contributed by atoms with van der Waals surface area (Å²) in [4.78, 5) is 42.0. The van der Waals surface area contributed by atoms with E-state index in [4.69, 9.17) is 4.74 Å². The van der Waals surface area contributed by atoms with Crippen molar-refractivity contribution < 1.29 is 19.1 Å². The van der Waals surface area contributed by atoms with E-state index in [1.165, 1.54) is 4.90 Å². The molecule has 0 atom stereocenters. The minimum atomic E-state index is -0.600. The minimum Gasteiger partial charge on any atom is -0.444 e. The number of rotatable bonds is 5. The number of carbonyl (C=O) groups is 3. The highest BCUT2D eigenvalue weighted by atomic mass is 16.6. The van der Waals surface area contributed by atoms with Gasteiger partial charge in [-0.3, -0.25) is 14.5 Å². The van der Waals surface area contributed by atoms with Gasteiger partial charge in [-0.05, 0) is 51.8 Å². The summed E-state index contributed by atoms with van der Waals surface area (Å²) in [7, 11) is 1.56. The first-order chi connectivity index (χ1) is 14.0. The van der Waals surface area contributed by atoms with Gasteiger partial charge in [0.1, 0.15) is 12.1 Å². The number of ether oxygens (including phenoxy) is 1. The van der Waals surface area contributed by atoms with E-state index < -0.39 is 11.7 Å². The van der Waals surface area contributed by atoms with Gasteiger partial charge in [-0.25, -0.2) is 4.79 Å². The number of nitrogens with one attached hydrogen (secondary N) is 1. The molecule has 1 aromatic carbocycles. The number of amides is 3. The van der Waals surface area contributed by atoms with E-state index in [0.717, 1.165) is 16.8 Å². The number of hydrogen-bond donors (Lipinski definition) is 1. The number of benzene rings is 1. The lowest BCUT2D eigenvalue weighted by molar-refractivity contribution is -0.134. The molecule has 0 radical (unpaired) electrons. The van der Waals surface area contributed by atoms with E-state index in [1.54, 1.807) is 32.7 Å². The summed E-state index contributed by atoms with van der Waals surface area (Å²) < 4.78 is 5.28. The Labute approximate surface area is 179 Å². The van der Waals surface area contributed by atoms with Crippen molar-refractivity contribution in [3.63, 3.8) is 0 Å². The summed E-state index contributed by atoms with van der Waals surface area (Å²) in [6, 6.07) is 5.84. The average molecular weight is 419 g/mol. The van der Waals surface area contributed by atoms with Gasteiger partial charge in [-0.15, -0.1) is 0 Å². The van der Waals surface area contributed by atoms with Crippen LogP contribution in [0.15, 0.2) is 18.2 Å². The normalized spacial score (nSPS) is 14.9. The molecule has 1 aliphatic rings. The molecule has 1 N–H and O–H groups in total. The Bertz CT molecular complexity index is 780. The predicted molar refractivity (Wildman–Crippen MR) is 116 cm³/mol. The van der Waals surface area contributed by atoms with Gasteiger partial charge in [0.2, 0.25) is 11.8 Å². The van der Waals surface area contributed by atoms with Crippen molar-refractivity contribution in [2.45, 2.75) is 40.2 Å². The molecule has 3 amide bonds. The molecule has 0 bridgehead atoms. The molecule has 8 nitrogen and oxygen atoms in total. The number of hydrogen-bond acceptors (Lipinski definition) is 5. The van der Waals surface area contributed by atoms with Crippen LogP contribution in [-0.2, 0) is 14.3 Å². The lowest BCUT2D eigenvalue weighted by atomic mass is 10.1. The minimum absolute atomic E-state index is 0.0258. The molecule has 1 aromatic rings. The molecule has 1 fully saturated rings. The SMILES string of the molecule is Cc1cccc(NC(=O)CN2CCN(C(=O)CN(C)C(=O)OC(C)(C)C)CC2)c1C. The third kappa shape index (κ3) is 7.02. The van der Waals surface area contributed by atoms with Crippen LogP contribution in [0.1, 0.15) is 31.9 Å². The summed E-state index contributed by atoms with van der Waals surface area (Å²) >= 11 is 0. The topological polar surface area (TPSA) is 82.2 Å². The highest BCUT2D eigenvalue weighted by Gasteiger charge is 2.26. The molecular weight excluding hydrogens is 384 g/mol. The van der Waals surface area contributed by atoms with Crippen molar-refractivity contribution in [2.24, 2.45) is 0 Å². The highest BCUT2D eigenvalue weighted by molar-refractivity contribution is 5.93. The summed E-state index contributed by atoms with van der Waals surface area (Å²) in [5.74, 6) is -0.184. The standard InChI is InChI=1S/C22H34N4O4/c1-16-8-7-9-18(17(16)2)23-19(27)14-25-10-12-26(13-11-25)20(28)15-24(6)21(29)30-22(3,4)5/h7-9H,10-15H2,1-6H3,(H,23,27). The van der Waals surface area contributed by atoms with Crippen molar-refractivity contribution in [1.82, 2.24) is 14.7 Å². The van der Waals surface area contributed by atoms with E-state index in [9.17, 15) is 14.4 Å². The second-order valence-corrected chi connectivity index (χ2v) is 8.79. The van der Waals surface area contributed by atoms with Gasteiger partial charge in [0.05, 0.1) is 6.54 Å². The van der Waals surface area contributed by atoms with Crippen molar-refractivity contribution in [2.75, 3.05) is 51.6 Å². The van der Waals surface area contributed by atoms with Crippen molar-refractivity contribution in [3.05, 3.63) is 29.3 Å². The first-order valence-electron chi connectivity index (χ1n) is 10.3. The van der Waals surface area contributed by atoms with E-state index in [2.05, 4.69) is 5.32 Å². The van der Waals surface area contributed by atoms with Crippen LogP contribution in [0.25, 0.3) is 0 Å². The number of anilines is 1. The second kappa shape index (κ2) is 9.93. The summed E-state index contributed by atoms with van der Waals surface area (Å²) in [5.41, 5.74) is 2.43. The second-order valence-electron chi connectivity index (χ2n) is 8.79. The molecule has 1 saturated heterocycles. The van der Waals surface area contributed by atoms with Crippen molar-refractivity contribution >= 4 is 23.6 Å². The fourth-order valence-electron chi connectivity index (χ4n) is 3.14. The summed E-state index contributed by atoms with van der Waals surface area (Å²) in [6.45, 7) is 11.9. The van der Waals surface area contributed by atoms with Crippen molar-refractivity contribution in [3.8, 4) is 0 Å². The van der Waals surface area contributed by atoms with E-state index >= 15 is 0 Å². The lowest BCUT2D eigenvalue weighted by Crippen LogP contribution is -2.52. The van der Waals surface area contributed by atoms with Crippen LogP contribution >= 0.6 is 0 Å². The molecular formula is C22H34N4O4. The maximum absolute atomic E-state index is 12.5. The predicted octanol–water partition coefficient (Wildman–Crippen LogP) is 2.25. The van der Waals surface area contributed by atoms with E-state index in [-0.39, 0.29) is 24.9 Å². The van der Waals surface area contributed by atoms with Crippen LogP contribution in [0.2, 0.25) is 0 Å². The third-order valence-corrected chi connectivity index (χ3v) is 5.05. The number of carbonyl (C=O) groups excluding carboxylic acids is 3. The smallest absolute Gasteiger partial charge is 0.410 e. The highest BCUT2D eigenvalue weighted by Crippen LogP contribution is 2.18. The Hall–Kier alpha value is -2.61. The maximum atomic E-state index is 12.5. The lowest BCUT2D eigenvalue weighted by Gasteiger charge is -2.35. The molecule has 0 unspecified atom stereocenters. The summed E-state index contributed by atoms with van der Waals surface area (Å²) in [5, 5.41) is 2.97. The molecule has 1 aliphatic heterocycles. The molecule has 8 heteroatoms. The molecule has 2 rings (SSSR count). The van der Waals surface area contributed by atoms with Crippen LogP contribution in [0, 0.1) is 13.8 Å². The average Bonchev–Trinajstić information content (AvgIpc) is 2.64. The third-order valence-electron chi connectivity index (χ3n) is 5.05. The van der Waals surface area contributed by atoms with Gasteiger partial charge in [0.15, 0.2) is 0 Å². The first kappa shape index (κ1) is 23.7. The number of nitrogens with zero attached hydrogens (tertiary/aromatic N) is 3. The molecule has 0 aromatic heterocycles. The number of piperazine rings is 1. The quantitative estimate of drug-likeness (QED) is 0.793. The van der Waals surface area contributed by atoms with Gasteiger partial charge in [0.25, 0.3) is 0 Å². The molecule has 0 spiro atoms. The Kier molecular flexibility index (Phi) is 7.83. The largest absolute Gasteiger partial charge is 0.444 e. The van der Waals surface area contributed by atoms with E-state index in [0.29, 0.717) is 26.2 Å². The van der Waals surface area contributed by atoms with Crippen LogP contribution in [0.3, 0.4) is 0 Å². The molecule has 0 saturated carbocycles. The molecule has 166 valence electrons. The Morgan fingerprint density at radius 2 is 1.73 bits per heavy atom. The van der Waals surface area contributed by atoms with Gasteiger partial charge < -0.3 is 19.9 Å². The zero-order valence-electron chi connectivity index (χ0n) is 18.9.